The van der Waals surface area contributed by atoms with Gasteiger partial charge in [0.25, 0.3) is 0 Å². The lowest BCUT2D eigenvalue weighted by Gasteiger charge is -2.07. The Kier molecular flexibility index (Phi) is 3.27. The highest BCUT2D eigenvalue weighted by Gasteiger charge is 2.09. The molecule has 0 aliphatic heterocycles. The van der Waals surface area contributed by atoms with Crippen LogP contribution in [0.1, 0.15) is 17.4 Å². The molecule has 1 aromatic heterocycles. The second-order valence-corrected chi connectivity index (χ2v) is 3.52. The number of rotatable bonds is 4. The lowest BCUT2D eigenvalue weighted by Crippen LogP contribution is -1.98. The van der Waals surface area contributed by atoms with Crippen LogP contribution < -0.4 is 4.74 Å². The quantitative estimate of drug-likeness (QED) is 0.902. The predicted molar refractivity (Wildman–Crippen MR) is 61.7 cm³/mol. The van der Waals surface area contributed by atoms with Crippen molar-refractivity contribution in [1.82, 2.24) is 9.55 Å². The Bertz CT molecular complexity index is 580. The van der Waals surface area contributed by atoms with Crippen molar-refractivity contribution in [3.05, 3.63) is 42.2 Å². The topological polar surface area (TPSA) is 64.4 Å². The molecule has 0 aliphatic carbocycles. The summed E-state index contributed by atoms with van der Waals surface area (Å²) >= 11 is 0. The second kappa shape index (κ2) is 4.87. The lowest BCUT2D eigenvalue weighted by atomic mass is 10.3. The van der Waals surface area contributed by atoms with Crippen LogP contribution in [-0.4, -0.2) is 27.2 Å². The van der Waals surface area contributed by atoms with Crippen molar-refractivity contribution in [2.75, 3.05) is 6.61 Å². The maximum Gasteiger partial charge on any atom is 0.356 e. The van der Waals surface area contributed by atoms with Crippen LogP contribution >= 0.6 is 0 Å². The summed E-state index contributed by atoms with van der Waals surface area (Å²) in [5, 5.41) is 8.74. The highest BCUT2D eigenvalue weighted by molar-refractivity contribution is 5.85. The third-order valence-electron chi connectivity index (χ3n) is 2.32. The third kappa shape index (κ3) is 2.32. The smallest absolute Gasteiger partial charge is 0.356 e. The molecule has 1 N–H and O–H groups in total. The number of aromatic carboxylic acids is 1. The van der Waals surface area contributed by atoms with Crippen LogP contribution in [0.2, 0.25) is 0 Å². The van der Waals surface area contributed by atoms with E-state index in [2.05, 4.69) is 4.98 Å². The Labute approximate surface area is 102 Å². The van der Waals surface area contributed by atoms with Gasteiger partial charge in [0, 0.05) is 18.0 Å². The number of carboxylic acid groups (broad SMARTS) is 1. The second-order valence-electron chi connectivity index (χ2n) is 3.52. The first-order valence-electron chi connectivity index (χ1n) is 5.32. The molecule has 94 valence electrons. The lowest BCUT2D eigenvalue weighted by molar-refractivity contribution is 0.0691. The number of halogens is 1. The Morgan fingerprint density at radius 1 is 1.56 bits per heavy atom. The van der Waals surface area contributed by atoms with Crippen LogP contribution in [0.4, 0.5) is 4.39 Å². The van der Waals surface area contributed by atoms with E-state index in [4.69, 9.17) is 9.84 Å². The molecule has 0 aliphatic rings. The van der Waals surface area contributed by atoms with Gasteiger partial charge in [0.05, 0.1) is 6.61 Å². The van der Waals surface area contributed by atoms with Crippen LogP contribution in [0.25, 0.3) is 5.69 Å². The standard InChI is InChI=1S/C12H11FN2O3/c1-2-18-11-4-3-8(5-9(11)13)15-6-10(12(16)17)14-7-15/h3-7H,2H2,1H3,(H,16,17). The number of nitrogens with zero attached hydrogens (tertiary/aromatic N) is 2. The first kappa shape index (κ1) is 12.1. The van der Waals surface area contributed by atoms with E-state index in [0.717, 1.165) is 0 Å². The van der Waals surface area contributed by atoms with Crippen LogP contribution in [0, 0.1) is 5.82 Å². The van der Waals surface area contributed by atoms with E-state index in [9.17, 15) is 9.18 Å². The summed E-state index contributed by atoms with van der Waals surface area (Å²) in [4.78, 5) is 14.4. The van der Waals surface area contributed by atoms with Crippen LogP contribution in [0.15, 0.2) is 30.7 Å². The molecule has 0 radical (unpaired) electrons. The number of carboxylic acids is 1. The fourth-order valence-corrected chi connectivity index (χ4v) is 1.50. The van der Waals surface area contributed by atoms with Crippen LogP contribution in [0.5, 0.6) is 5.75 Å². The van der Waals surface area contributed by atoms with E-state index in [1.54, 1.807) is 13.0 Å². The molecular formula is C12H11FN2O3. The largest absolute Gasteiger partial charge is 0.491 e. The Balaban J connectivity index is 2.33. The summed E-state index contributed by atoms with van der Waals surface area (Å²) in [5.41, 5.74) is 0.389. The number of hydrogen-bond donors (Lipinski definition) is 1. The van der Waals surface area contributed by atoms with Crippen LogP contribution in [0.3, 0.4) is 0 Å². The van der Waals surface area contributed by atoms with Gasteiger partial charge in [-0.1, -0.05) is 0 Å². The van der Waals surface area contributed by atoms with Gasteiger partial charge in [-0.3, -0.25) is 0 Å². The van der Waals surface area contributed by atoms with Gasteiger partial charge in [-0.05, 0) is 19.1 Å². The molecule has 5 nitrogen and oxygen atoms in total. The molecule has 0 amide bonds. The highest BCUT2D eigenvalue weighted by Crippen LogP contribution is 2.20. The average molecular weight is 250 g/mol. The van der Waals surface area contributed by atoms with Crippen molar-refractivity contribution in [2.45, 2.75) is 6.92 Å². The van der Waals surface area contributed by atoms with Gasteiger partial charge >= 0.3 is 5.97 Å². The van der Waals surface area contributed by atoms with E-state index in [1.807, 2.05) is 0 Å². The molecular weight excluding hydrogens is 239 g/mol. The summed E-state index contributed by atoms with van der Waals surface area (Å²) in [6.45, 7) is 2.15. The van der Waals surface area contributed by atoms with E-state index in [-0.39, 0.29) is 11.4 Å². The summed E-state index contributed by atoms with van der Waals surface area (Å²) in [6.07, 6.45) is 2.63. The number of benzene rings is 1. The molecule has 0 atom stereocenters. The molecule has 2 aromatic rings. The first-order valence-corrected chi connectivity index (χ1v) is 5.32. The molecule has 0 bridgehead atoms. The maximum absolute atomic E-state index is 13.6. The van der Waals surface area contributed by atoms with Gasteiger partial charge < -0.3 is 14.4 Å². The van der Waals surface area contributed by atoms with E-state index in [0.29, 0.717) is 12.3 Å². The number of aromatic nitrogens is 2. The SMILES string of the molecule is CCOc1ccc(-n2cnc(C(=O)O)c2)cc1F. The normalized spacial score (nSPS) is 10.3. The monoisotopic (exact) mass is 250 g/mol. The first-order chi connectivity index (χ1) is 8.61. The zero-order valence-corrected chi connectivity index (χ0v) is 9.63. The average Bonchev–Trinajstić information content (AvgIpc) is 2.81. The molecule has 0 unspecified atom stereocenters. The third-order valence-corrected chi connectivity index (χ3v) is 2.32. The fraction of sp³-hybridized carbons (Fsp3) is 0.167. The maximum atomic E-state index is 13.6. The number of imidazole rings is 1. The summed E-state index contributed by atoms with van der Waals surface area (Å²) < 4.78 is 20.1. The molecule has 18 heavy (non-hydrogen) atoms. The number of ether oxygens (including phenoxy) is 1. The summed E-state index contributed by atoms with van der Waals surface area (Å²) in [5.74, 6) is -1.46. The van der Waals surface area contributed by atoms with Crippen LogP contribution in [-0.2, 0) is 0 Å². The zero-order valence-electron chi connectivity index (χ0n) is 9.63. The zero-order chi connectivity index (χ0) is 13.1. The van der Waals surface area contributed by atoms with Crippen molar-refractivity contribution in [2.24, 2.45) is 0 Å². The molecule has 6 heteroatoms. The number of carbonyl (C=O) groups is 1. The van der Waals surface area contributed by atoms with Gasteiger partial charge in [-0.2, -0.15) is 0 Å². The predicted octanol–water partition coefficient (Wildman–Crippen LogP) is 2.11. The van der Waals surface area contributed by atoms with Crippen molar-refractivity contribution in [3.8, 4) is 11.4 Å². The van der Waals surface area contributed by atoms with Gasteiger partial charge in [0.2, 0.25) is 0 Å². The van der Waals surface area contributed by atoms with E-state index < -0.39 is 11.8 Å². The van der Waals surface area contributed by atoms with Gasteiger partial charge in [0.1, 0.15) is 6.33 Å². The Hall–Kier alpha value is -2.37. The molecule has 0 saturated heterocycles. The molecule has 1 aromatic carbocycles. The van der Waals surface area contributed by atoms with Gasteiger partial charge in [-0.15, -0.1) is 0 Å². The van der Waals surface area contributed by atoms with Crippen molar-refractivity contribution in [3.63, 3.8) is 0 Å². The Morgan fingerprint density at radius 2 is 2.33 bits per heavy atom. The van der Waals surface area contributed by atoms with Crippen molar-refractivity contribution in [1.29, 1.82) is 0 Å². The summed E-state index contributed by atoms with van der Waals surface area (Å²) in [7, 11) is 0. The molecule has 2 rings (SSSR count). The van der Waals surface area contributed by atoms with Gasteiger partial charge in [0.15, 0.2) is 17.3 Å². The molecule has 0 spiro atoms. The fourth-order valence-electron chi connectivity index (χ4n) is 1.50. The van der Waals surface area contributed by atoms with Crippen molar-refractivity contribution >= 4 is 5.97 Å². The van der Waals surface area contributed by atoms with E-state index >= 15 is 0 Å². The molecule has 1 heterocycles. The minimum atomic E-state index is -1.12. The summed E-state index contributed by atoms with van der Waals surface area (Å²) in [6, 6.07) is 4.38. The minimum absolute atomic E-state index is 0.0932. The van der Waals surface area contributed by atoms with Gasteiger partial charge in [-0.25, -0.2) is 14.2 Å². The Morgan fingerprint density at radius 3 is 2.89 bits per heavy atom. The van der Waals surface area contributed by atoms with E-state index in [1.165, 1.54) is 29.2 Å². The highest BCUT2D eigenvalue weighted by atomic mass is 19.1. The molecule has 0 saturated carbocycles. The van der Waals surface area contributed by atoms with Crippen molar-refractivity contribution < 1.29 is 19.0 Å². The minimum Gasteiger partial charge on any atom is -0.491 e. The number of hydrogen-bond acceptors (Lipinski definition) is 3. The molecule has 0 fully saturated rings.